The summed E-state index contributed by atoms with van der Waals surface area (Å²) in [6.45, 7) is 2.00. The molecule has 0 aliphatic carbocycles. The number of halogens is 1. The van der Waals surface area contributed by atoms with Gasteiger partial charge in [-0.1, -0.05) is 0 Å². The molecule has 2 rings (SSSR count). The molecule has 1 aromatic rings. The van der Waals surface area contributed by atoms with Crippen molar-refractivity contribution in [1.82, 2.24) is 5.32 Å². The van der Waals surface area contributed by atoms with E-state index in [2.05, 4.69) is 5.32 Å². The van der Waals surface area contributed by atoms with Crippen LogP contribution in [0, 0.1) is 5.82 Å². The first-order chi connectivity index (χ1) is 9.16. The average Bonchev–Trinajstić information content (AvgIpc) is 2.89. The lowest BCUT2D eigenvalue weighted by molar-refractivity contribution is 0.1000. The van der Waals surface area contributed by atoms with E-state index in [0.29, 0.717) is 23.8 Å². The molecule has 1 atom stereocenters. The highest BCUT2D eigenvalue weighted by Gasteiger charge is 2.14. The average molecular weight is 266 g/mol. The predicted molar refractivity (Wildman–Crippen MR) is 70.2 cm³/mol. The van der Waals surface area contributed by atoms with Crippen LogP contribution in [-0.4, -0.2) is 25.2 Å². The Morgan fingerprint density at radius 2 is 2.37 bits per heavy atom. The first-order valence-corrected chi connectivity index (χ1v) is 6.57. The van der Waals surface area contributed by atoms with Gasteiger partial charge in [0.1, 0.15) is 5.82 Å². The zero-order valence-corrected chi connectivity index (χ0v) is 10.8. The number of carbonyl (C=O) groups is 1. The molecule has 1 aliphatic rings. The number of ether oxygens (including phenoxy) is 1. The van der Waals surface area contributed by atoms with Crippen LogP contribution in [-0.2, 0) is 11.3 Å². The minimum absolute atomic E-state index is 0.324. The van der Waals surface area contributed by atoms with Crippen molar-refractivity contribution in [3.05, 3.63) is 35.1 Å². The predicted octanol–water partition coefficient (Wildman–Crippen LogP) is 1.58. The number of primary amides is 1. The smallest absolute Gasteiger partial charge is 0.248 e. The summed E-state index contributed by atoms with van der Waals surface area (Å²) in [5, 5.41) is 3.16. The van der Waals surface area contributed by atoms with Gasteiger partial charge in [-0.3, -0.25) is 4.79 Å². The van der Waals surface area contributed by atoms with Crippen molar-refractivity contribution in [2.75, 3.05) is 13.2 Å². The van der Waals surface area contributed by atoms with E-state index in [-0.39, 0.29) is 5.82 Å². The fraction of sp³-hybridized carbons (Fsp3) is 0.500. The Bertz CT molecular complexity index is 445. The Hall–Kier alpha value is -1.46. The van der Waals surface area contributed by atoms with Crippen LogP contribution in [0.5, 0.6) is 0 Å². The molecule has 0 aromatic heterocycles. The standard InChI is InChI=1S/C14H19FN2O2/c15-13-4-3-10(14(16)18)8-11(13)9-17-6-5-12-2-1-7-19-12/h3-4,8,12,17H,1-2,5-7,9H2,(H2,16,18). The maximum absolute atomic E-state index is 13.5. The maximum Gasteiger partial charge on any atom is 0.248 e. The quantitative estimate of drug-likeness (QED) is 0.768. The Kier molecular flexibility index (Phi) is 4.87. The summed E-state index contributed by atoms with van der Waals surface area (Å²) in [5.41, 5.74) is 5.96. The molecule has 5 heteroatoms. The van der Waals surface area contributed by atoms with Crippen LogP contribution in [0.2, 0.25) is 0 Å². The summed E-state index contributed by atoms with van der Waals surface area (Å²) in [7, 11) is 0. The molecular weight excluding hydrogens is 247 g/mol. The minimum atomic E-state index is -0.541. The van der Waals surface area contributed by atoms with Crippen LogP contribution in [0.3, 0.4) is 0 Å². The van der Waals surface area contributed by atoms with Gasteiger partial charge in [-0.25, -0.2) is 4.39 Å². The van der Waals surface area contributed by atoms with E-state index < -0.39 is 5.91 Å². The molecule has 0 radical (unpaired) electrons. The Morgan fingerprint density at radius 3 is 3.05 bits per heavy atom. The lowest BCUT2D eigenvalue weighted by Crippen LogP contribution is -2.21. The topological polar surface area (TPSA) is 64.4 Å². The highest BCUT2D eigenvalue weighted by molar-refractivity contribution is 5.92. The largest absolute Gasteiger partial charge is 0.378 e. The molecule has 1 heterocycles. The molecule has 4 nitrogen and oxygen atoms in total. The fourth-order valence-corrected chi connectivity index (χ4v) is 2.22. The van der Waals surface area contributed by atoms with Crippen LogP contribution in [0.15, 0.2) is 18.2 Å². The van der Waals surface area contributed by atoms with E-state index in [1.807, 2.05) is 0 Å². The molecule has 0 spiro atoms. The zero-order chi connectivity index (χ0) is 13.7. The van der Waals surface area contributed by atoms with Crippen LogP contribution in [0.25, 0.3) is 0 Å². The van der Waals surface area contributed by atoms with Crippen LogP contribution < -0.4 is 11.1 Å². The lowest BCUT2D eigenvalue weighted by atomic mass is 10.1. The van der Waals surface area contributed by atoms with Crippen molar-refractivity contribution in [2.45, 2.75) is 31.9 Å². The molecule has 1 aliphatic heterocycles. The zero-order valence-electron chi connectivity index (χ0n) is 10.8. The molecule has 104 valence electrons. The van der Waals surface area contributed by atoms with Crippen LogP contribution >= 0.6 is 0 Å². The van der Waals surface area contributed by atoms with Gasteiger partial charge in [0, 0.05) is 24.3 Å². The van der Waals surface area contributed by atoms with Gasteiger partial charge in [0.25, 0.3) is 0 Å². The van der Waals surface area contributed by atoms with Crippen molar-refractivity contribution in [2.24, 2.45) is 5.73 Å². The summed E-state index contributed by atoms with van der Waals surface area (Å²) in [4.78, 5) is 11.0. The summed E-state index contributed by atoms with van der Waals surface area (Å²) < 4.78 is 19.0. The van der Waals surface area contributed by atoms with E-state index in [4.69, 9.17) is 10.5 Å². The van der Waals surface area contributed by atoms with E-state index in [1.54, 1.807) is 0 Å². The molecule has 19 heavy (non-hydrogen) atoms. The molecule has 1 fully saturated rings. The first kappa shape index (κ1) is 14.0. The number of carbonyl (C=O) groups excluding carboxylic acids is 1. The SMILES string of the molecule is NC(=O)c1ccc(F)c(CNCCC2CCCO2)c1. The molecule has 1 saturated heterocycles. The van der Waals surface area contributed by atoms with Gasteiger partial charge in [-0.05, 0) is 44.0 Å². The van der Waals surface area contributed by atoms with E-state index >= 15 is 0 Å². The van der Waals surface area contributed by atoms with Gasteiger partial charge in [0.15, 0.2) is 0 Å². The Labute approximate surface area is 112 Å². The van der Waals surface area contributed by atoms with Crippen molar-refractivity contribution in [3.8, 4) is 0 Å². The fourth-order valence-electron chi connectivity index (χ4n) is 2.22. The second-order valence-corrected chi connectivity index (χ2v) is 4.77. The number of nitrogens with one attached hydrogen (secondary N) is 1. The number of hydrogen-bond donors (Lipinski definition) is 2. The van der Waals surface area contributed by atoms with Gasteiger partial charge in [0.2, 0.25) is 5.91 Å². The van der Waals surface area contributed by atoms with Gasteiger partial charge in [0.05, 0.1) is 6.10 Å². The third-order valence-electron chi connectivity index (χ3n) is 3.31. The summed E-state index contributed by atoms with van der Waals surface area (Å²) in [6.07, 6.45) is 3.49. The second-order valence-electron chi connectivity index (χ2n) is 4.77. The minimum Gasteiger partial charge on any atom is -0.378 e. The van der Waals surface area contributed by atoms with Crippen LogP contribution in [0.1, 0.15) is 35.2 Å². The summed E-state index contributed by atoms with van der Waals surface area (Å²) >= 11 is 0. The number of rotatable bonds is 6. The molecular formula is C14H19FN2O2. The lowest BCUT2D eigenvalue weighted by Gasteiger charge is -2.10. The number of hydrogen-bond acceptors (Lipinski definition) is 3. The highest BCUT2D eigenvalue weighted by atomic mass is 19.1. The Morgan fingerprint density at radius 1 is 1.53 bits per heavy atom. The third kappa shape index (κ3) is 4.01. The second kappa shape index (κ2) is 6.63. The van der Waals surface area contributed by atoms with Gasteiger partial charge in [-0.15, -0.1) is 0 Å². The molecule has 1 amide bonds. The first-order valence-electron chi connectivity index (χ1n) is 6.57. The van der Waals surface area contributed by atoms with Crippen molar-refractivity contribution in [1.29, 1.82) is 0 Å². The number of amides is 1. The van der Waals surface area contributed by atoms with Crippen molar-refractivity contribution >= 4 is 5.91 Å². The van der Waals surface area contributed by atoms with Crippen LogP contribution in [0.4, 0.5) is 4.39 Å². The van der Waals surface area contributed by atoms with E-state index in [9.17, 15) is 9.18 Å². The van der Waals surface area contributed by atoms with Crippen molar-refractivity contribution in [3.63, 3.8) is 0 Å². The van der Waals surface area contributed by atoms with Crippen molar-refractivity contribution < 1.29 is 13.9 Å². The number of benzene rings is 1. The molecule has 0 saturated carbocycles. The molecule has 3 N–H and O–H groups in total. The molecule has 1 unspecified atom stereocenters. The van der Waals surface area contributed by atoms with E-state index in [0.717, 1.165) is 32.4 Å². The third-order valence-corrected chi connectivity index (χ3v) is 3.31. The highest BCUT2D eigenvalue weighted by Crippen LogP contribution is 2.15. The van der Waals surface area contributed by atoms with E-state index in [1.165, 1.54) is 18.2 Å². The van der Waals surface area contributed by atoms with Gasteiger partial charge >= 0.3 is 0 Å². The normalized spacial score (nSPS) is 18.7. The maximum atomic E-state index is 13.5. The molecule has 1 aromatic carbocycles. The monoisotopic (exact) mass is 266 g/mol. The number of nitrogens with two attached hydrogens (primary N) is 1. The molecule has 0 bridgehead atoms. The van der Waals surface area contributed by atoms with Gasteiger partial charge in [-0.2, -0.15) is 0 Å². The Balaban J connectivity index is 1.81. The summed E-state index contributed by atoms with van der Waals surface area (Å²) in [6, 6.07) is 4.17. The van der Waals surface area contributed by atoms with Gasteiger partial charge < -0.3 is 15.8 Å². The summed E-state index contributed by atoms with van der Waals surface area (Å²) in [5.74, 6) is -0.866.